The smallest absolute Gasteiger partial charge is 0.207 e. The van der Waals surface area contributed by atoms with Gasteiger partial charge in [0.25, 0.3) is 0 Å². The second-order valence-corrected chi connectivity index (χ2v) is 10.0. The number of halogens is 1. The number of sulfonamides is 1. The fraction of sp³-hybridized carbons (Fsp3) is 0.625. The van der Waals surface area contributed by atoms with Crippen LogP contribution in [0.5, 0.6) is 0 Å². The second kappa shape index (κ2) is 4.71. The zero-order valence-corrected chi connectivity index (χ0v) is 14.3. The summed E-state index contributed by atoms with van der Waals surface area (Å²) < 4.78 is 27.6. The molecule has 1 heterocycles. The van der Waals surface area contributed by atoms with E-state index >= 15 is 0 Å². The van der Waals surface area contributed by atoms with Crippen LogP contribution in [-0.2, 0) is 10.0 Å². The van der Waals surface area contributed by atoms with Crippen LogP contribution >= 0.6 is 11.6 Å². The van der Waals surface area contributed by atoms with E-state index in [4.69, 9.17) is 11.6 Å². The van der Waals surface area contributed by atoms with Gasteiger partial charge >= 0.3 is 0 Å². The summed E-state index contributed by atoms with van der Waals surface area (Å²) in [6.07, 6.45) is 3.00. The lowest BCUT2D eigenvalue weighted by molar-refractivity contribution is 0.133. The number of hydrogen-bond acceptors (Lipinski definition) is 2. The molecular formula is C16H22ClNO2S. The van der Waals surface area contributed by atoms with Gasteiger partial charge in [-0.05, 0) is 54.4 Å². The standard InChI is InChI=1S/C16H22ClNO2S/c1-15(2)8-13-9-16(3,10-15)11-18(13)21(19,20)14-6-4-12(17)5-7-14/h4-7,13H,8-11H2,1-3H3. The van der Waals surface area contributed by atoms with E-state index in [2.05, 4.69) is 20.8 Å². The van der Waals surface area contributed by atoms with E-state index in [9.17, 15) is 8.42 Å². The van der Waals surface area contributed by atoms with Crippen molar-refractivity contribution in [2.45, 2.75) is 51.0 Å². The predicted molar refractivity (Wildman–Crippen MR) is 84.9 cm³/mol. The first kappa shape index (κ1) is 15.3. The van der Waals surface area contributed by atoms with Crippen LogP contribution in [0.2, 0.25) is 5.02 Å². The molecule has 1 aliphatic carbocycles. The van der Waals surface area contributed by atoms with Gasteiger partial charge in [0.05, 0.1) is 4.90 Å². The predicted octanol–water partition coefficient (Wildman–Crippen LogP) is 3.93. The monoisotopic (exact) mass is 327 g/mol. The summed E-state index contributed by atoms with van der Waals surface area (Å²) in [6.45, 7) is 7.34. The van der Waals surface area contributed by atoms with Gasteiger partial charge in [0.15, 0.2) is 0 Å². The lowest BCUT2D eigenvalue weighted by Gasteiger charge is -2.39. The van der Waals surface area contributed by atoms with Gasteiger partial charge < -0.3 is 0 Å². The van der Waals surface area contributed by atoms with Gasteiger partial charge in [-0.15, -0.1) is 0 Å². The summed E-state index contributed by atoms with van der Waals surface area (Å²) in [5, 5.41) is 0.558. The largest absolute Gasteiger partial charge is 0.243 e. The molecule has 1 aliphatic heterocycles. The van der Waals surface area contributed by atoms with Crippen LogP contribution < -0.4 is 0 Å². The van der Waals surface area contributed by atoms with Gasteiger partial charge in [-0.2, -0.15) is 4.31 Å². The summed E-state index contributed by atoms with van der Waals surface area (Å²) in [7, 11) is -3.42. The number of rotatable bonds is 2. The van der Waals surface area contributed by atoms with Crippen molar-refractivity contribution in [2.75, 3.05) is 6.54 Å². The van der Waals surface area contributed by atoms with Crippen LogP contribution in [0, 0.1) is 10.8 Å². The Labute approximate surface area is 132 Å². The SMILES string of the molecule is CC1(C)CC2CC(C)(CN2S(=O)(=O)c2ccc(Cl)cc2)C1. The van der Waals surface area contributed by atoms with E-state index in [-0.39, 0.29) is 16.9 Å². The van der Waals surface area contributed by atoms with Crippen molar-refractivity contribution < 1.29 is 8.42 Å². The third-order valence-electron chi connectivity index (χ3n) is 4.79. The maximum Gasteiger partial charge on any atom is 0.243 e. The van der Waals surface area contributed by atoms with E-state index in [1.165, 1.54) is 0 Å². The highest BCUT2D eigenvalue weighted by molar-refractivity contribution is 7.89. The highest BCUT2D eigenvalue weighted by Crippen LogP contribution is 2.53. The first-order valence-corrected chi connectivity index (χ1v) is 9.21. The molecule has 2 bridgehead atoms. The quantitative estimate of drug-likeness (QED) is 0.825. The van der Waals surface area contributed by atoms with Crippen molar-refractivity contribution in [3.63, 3.8) is 0 Å². The maximum absolute atomic E-state index is 12.9. The van der Waals surface area contributed by atoms with E-state index in [1.807, 2.05) is 0 Å². The molecule has 0 aromatic heterocycles. The normalized spacial score (nSPS) is 32.3. The van der Waals surface area contributed by atoms with Crippen LogP contribution in [0.1, 0.15) is 40.0 Å². The van der Waals surface area contributed by atoms with Gasteiger partial charge in [0, 0.05) is 17.6 Å². The lowest BCUT2D eigenvalue weighted by atomic mass is 9.65. The van der Waals surface area contributed by atoms with Gasteiger partial charge in [0.1, 0.15) is 0 Å². The average molecular weight is 328 g/mol. The van der Waals surface area contributed by atoms with Crippen molar-refractivity contribution in [3.8, 4) is 0 Å². The summed E-state index contributed by atoms with van der Waals surface area (Å²) in [4.78, 5) is 0.348. The zero-order chi connectivity index (χ0) is 15.5. The van der Waals surface area contributed by atoms with Crippen molar-refractivity contribution in [3.05, 3.63) is 29.3 Å². The zero-order valence-electron chi connectivity index (χ0n) is 12.8. The molecule has 1 aromatic carbocycles. The first-order chi connectivity index (χ1) is 9.61. The Morgan fingerprint density at radius 2 is 1.76 bits per heavy atom. The van der Waals surface area contributed by atoms with Crippen LogP contribution in [0.3, 0.4) is 0 Å². The Morgan fingerprint density at radius 3 is 2.38 bits per heavy atom. The number of nitrogens with zero attached hydrogens (tertiary/aromatic N) is 1. The van der Waals surface area contributed by atoms with Crippen LogP contribution in [0.25, 0.3) is 0 Å². The molecule has 0 spiro atoms. The van der Waals surface area contributed by atoms with Crippen molar-refractivity contribution in [1.29, 1.82) is 0 Å². The Morgan fingerprint density at radius 1 is 1.14 bits per heavy atom. The van der Waals surface area contributed by atoms with Crippen LogP contribution in [-0.4, -0.2) is 25.3 Å². The summed E-state index contributed by atoms with van der Waals surface area (Å²) >= 11 is 5.86. The number of fused-ring (bicyclic) bond motifs is 2. The fourth-order valence-electron chi connectivity index (χ4n) is 4.43. The second-order valence-electron chi connectivity index (χ2n) is 7.72. The molecule has 0 N–H and O–H groups in total. The van der Waals surface area contributed by atoms with Gasteiger partial charge in [-0.25, -0.2) is 8.42 Å². The highest BCUT2D eigenvalue weighted by atomic mass is 35.5. The van der Waals surface area contributed by atoms with Crippen LogP contribution in [0.4, 0.5) is 0 Å². The maximum atomic E-state index is 12.9. The highest BCUT2D eigenvalue weighted by Gasteiger charge is 2.53. The third-order valence-corrected chi connectivity index (χ3v) is 6.95. The lowest BCUT2D eigenvalue weighted by Crippen LogP contribution is -2.37. The molecule has 2 aliphatic rings. The number of hydrogen-bond donors (Lipinski definition) is 0. The molecule has 21 heavy (non-hydrogen) atoms. The number of benzene rings is 1. The van der Waals surface area contributed by atoms with Crippen molar-refractivity contribution in [2.24, 2.45) is 10.8 Å². The minimum absolute atomic E-state index is 0.103. The summed E-state index contributed by atoms with van der Waals surface area (Å²) in [5.41, 5.74) is 0.313. The Bertz CT molecular complexity index is 653. The Hall–Kier alpha value is -0.580. The molecule has 1 aromatic rings. The van der Waals surface area contributed by atoms with Gasteiger partial charge in [-0.3, -0.25) is 0 Å². The van der Waals surface area contributed by atoms with E-state index in [0.717, 1.165) is 19.3 Å². The van der Waals surface area contributed by atoms with Crippen molar-refractivity contribution >= 4 is 21.6 Å². The summed E-state index contributed by atoms with van der Waals surface area (Å²) in [6, 6.07) is 6.62. The molecule has 0 radical (unpaired) electrons. The average Bonchev–Trinajstić information content (AvgIpc) is 2.59. The topological polar surface area (TPSA) is 37.4 Å². The van der Waals surface area contributed by atoms with E-state index in [0.29, 0.717) is 16.5 Å². The third kappa shape index (κ3) is 2.73. The van der Waals surface area contributed by atoms with Crippen LogP contribution in [0.15, 0.2) is 29.2 Å². The molecule has 1 saturated heterocycles. The van der Waals surface area contributed by atoms with Gasteiger partial charge in [-0.1, -0.05) is 32.4 Å². The first-order valence-electron chi connectivity index (χ1n) is 7.39. The molecule has 5 heteroatoms. The fourth-order valence-corrected chi connectivity index (χ4v) is 6.33. The minimum atomic E-state index is -3.42. The molecule has 116 valence electrons. The minimum Gasteiger partial charge on any atom is -0.207 e. The molecule has 2 fully saturated rings. The molecule has 3 rings (SSSR count). The van der Waals surface area contributed by atoms with E-state index < -0.39 is 10.0 Å². The molecule has 1 saturated carbocycles. The molecule has 0 amide bonds. The summed E-state index contributed by atoms with van der Waals surface area (Å²) in [5.74, 6) is 0. The Balaban J connectivity index is 1.96. The molecule has 3 nitrogen and oxygen atoms in total. The Kier molecular flexibility index (Phi) is 3.43. The molecule has 2 atom stereocenters. The van der Waals surface area contributed by atoms with Gasteiger partial charge in [0.2, 0.25) is 10.0 Å². The van der Waals surface area contributed by atoms with Crippen molar-refractivity contribution in [1.82, 2.24) is 4.31 Å². The molecular weight excluding hydrogens is 306 g/mol. The molecule has 2 unspecified atom stereocenters. The van der Waals surface area contributed by atoms with E-state index in [1.54, 1.807) is 28.6 Å².